The van der Waals surface area contributed by atoms with Crippen LogP contribution in [0.1, 0.15) is 22.4 Å². The Hall–Kier alpha value is -3.47. The molecule has 3 N–H and O–H groups in total. The average Bonchev–Trinajstić information content (AvgIpc) is 3.22. The molecule has 0 aliphatic carbocycles. The maximum absolute atomic E-state index is 14.2. The van der Waals surface area contributed by atoms with Crippen LogP contribution in [0.4, 0.5) is 5.69 Å². The van der Waals surface area contributed by atoms with Crippen molar-refractivity contribution in [1.29, 1.82) is 5.26 Å². The van der Waals surface area contributed by atoms with E-state index in [4.69, 9.17) is 33.7 Å². The van der Waals surface area contributed by atoms with E-state index in [0.717, 1.165) is 5.56 Å². The molecular formula is C22H15Cl2N5O2. The predicted octanol–water partition coefficient (Wildman–Crippen LogP) is 3.94. The number of fused-ring (bicyclic) bond motifs is 4. The zero-order valence-corrected chi connectivity index (χ0v) is 17.8. The fraction of sp³-hybridized carbons (Fsp3) is 0.136. The molecule has 1 spiro atoms. The number of nitriles is 1. The highest BCUT2D eigenvalue weighted by atomic mass is 35.5. The van der Waals surface area contributed by atoms with Crippen molar-refractivity contribution in [3.05, 3.63) is 86.4 Å². The van der Waals surface area contributed by atoms with Gasteiger partial charge in [0.25, 0.3) is 0 Å². The molecule has 2 aliphatic rings. The lowest BCUT2D eigenvalue weighted by Gasteiger charge is -2.32. The minimum atomic E-state index is -1.46. The molecule has 5 rings (SSSR count). The van der Waals surface area contributed by atoms with Gasteiger partial charge in [-0.3, -0.25) is 9.89 Å². The summed E-state index contributed by atoms with van der Waals surface area (Å²) >= 11 is 12.4. The molecule has 3 aromatic rings. The first kappa shape index (κ1) is 19.5. The molecular weight excluding hydrogens is 437 g/mol. The van der Waals surface area contributed by atoms with E-state index in [1.54, 1.807) is 30.0 Å². The van der Waals surface area contributed by atoms with Crippen LogP contribution < -0.4 is 15.4 Å². The molecule has 0 unspecified atom stereocenters. The van der Waals surface area contributed by atoms with E-state index in [2.05, 4.69) is 16.3 Å². The molecule has 0 radical (unpaired) electrons. The van der Waals surface area contributed by atoms with E-state index in [9.17, 15) is 10.1 Å². The van der Waals surface area contributed by atoms with Crippen molar-refractivity contribution in [2.75, 3.05) is 4.90 Å². The molecule has 31 heavy (non-hydrogen) atoms. The highest BCUT2D eigenvalue weighted by Crippen LogP contribution is 2.55. The van der Waals surface area contributed by atoms with E-state index in [0.29, 0.717) is 32.6 Å². The van der Waals surface area contributed by atoms with Crippen molar-refractivity contribution < 1.29 is 9.53 Å². The summed E-state index contributed by atoms with van der Waals surface area (Å²) in [5.41, 5.74) is 7.80. The molecule has 0 bridgehead atoms. The number of nitrogens with one attached hydrogen (secondary N) is 1. The summed E-state index contributed by atoms with van der Waals surface area (Å²) in [6, 6.07) is 14.6. The van der Waals surface area contributed by atoms with E-state index >= 15 is 0 Å². The van der Waals surface area contributed by atoms with Crippen LogP contribution >= 0.6 is 23.2 Å². The SMILES string of the molecule is Cc1[nH]nc2c1[C@]1(C(=O)N(Cc3ccc(Cl)cc3Cl)c3ccccc31)C(C#N)=C(N)O2. The fourth-order valence-corrected chi connectivity index (χ4v) is 4.91. The number of hydrogen-bond donors (Lipinski definition) is 2. The highest BCUT2D eigenvalue weighted by molar-refractivity contribution is 6.35. The second-order valence-corrected chi connectivity index (χ2v) is 8.22. The van der Waals surface area contributed by atoms with Crippen molar-refractivity contribution in [3.63, 3.8) is 0 Å². The number of carbonyl (C=O) groups is 1. The average molecular weight is 452 g/mol. The predicted molar refractivity (Wildman–Crippen MR) is 116 cm³/mol. The van der Waals surface area contributed by atoms with Crippen LogP contribution in [0, 0.1) is 18.3 Å². The Labute approximate surface area is 187 Å². The van der Waals surface area contributed by atoms with Gasteiger partial charge in [0.2, 0.25) is 17.7 Å². The van der Waals surface area contributed by atoms with Gasteiger partial charge in [-0.25, -0.2) is 0 Å². The molecule has 0 saturated heterocycles. The second-order valence-electron chi connectivity index (χ2n) is 7.38. The number of ether oxygens (including phenoxy) is 1. The first-order valence-electron chi connectivity index (χ1n) is 9.38. The lowest BCUT2D eigenvalue weighted by molar-refractivity contribution is -0.121. The van der Waals surface area contributed by atoms with Crippen LogP contribution in [0.2, 0.25) is 10.0 Å². The van der Waals surface area contributed by atoms with Gasteiger partial charge in [0.1, 0.15) is 17.1 Å². The van der Waals surface area contributed by atoms with Crippen molar-refractivity contribution in [1.82, 2.24) is 10.2 Å². The van der Waals surface area contributed by atoms with Crippen LogP contribution in [-0.2, 0) is 16.8 Å². The summed E-state index contributed by atoms with van der Waals surface area (Å²) in [6.45, 7) is 1.97. The summed E-state index contributed by atoms with van der Waals surface area (Å²) < 4.78 is 5.58. The minimum absolute atomic E-state index is 0.0339. The van der Waals surface area contributed by atoms with E-state index in [1.165, 1.54) is 0 Å². The number of nitrogens with zero attached hydrogens (tertiary/aromatic N) is 3. The minimum Gasteiger partial charge on any atom is -0.420 e. The lowest BCUT2D eigenvalue weighted by atomic mass is 9.69. The van der Waals surface area contributed by atoms with Crippen molar-refractivity contribution >= 4 is 34.8 Å². The number of carbonyl (C=O) groups excluding carboxylic acids is 1. The number of aromatic nitrogens is 2. The van der Waals surface area contributed by atoms with Crippen LogP contribution in [0.15, 0.2) is 53.9 Å². The normalized spacial score (nSPS) is 19.3. The maximum atomic E-state index is 14.2. The zero-order valence-electron chi connectivity index (χ0n) is 16.2. The summed E-state index contributed by atoms with van der Waals surface area (Å²) in [5.74, 6) is -0.284. The number of hydrogen-bond acceptors (Lipinski definition) is 5. The topological polar surface area (TPSA) is 108 Å². The molecule has 2 aliphatic heterocycles. The number of amides is 1. The van der Waals surface area contributed by atoms with Gasteiger partial charge < -0.3 is 15.4 Å². The van der Waals surface area contributed by atoms with Crippen LogP contribution in [0.5, 0.6) is 5.88 Å². The Kier molecular flexibility index (Phi) is 4.26. The Morgan fingerprint density at radius 3 is 2.81 bits per heavy atom. The molecule has 1 aromatic heterocycles. The Morgan fingerprint density at radius 2 is 2.06 bits per heavy atom. The number of rotatable bonds is 2. The van der Waals surface area contributed by atoms with Gasteiger partial charge in [-0.1, -0.05) is 47.5 Å². The highest BCUT2D eigenvalue weighted by Gasteiger charge is 2.60. The van der Waals surface area contributed by atoms with Crippen LogP contribution in [-0.4, -0.2) is 16.1 Å². The number of halogens is 2. The number of aromatic amines is 1. The number of anilines is 1. The smallest absolute Gasteiger partial charge is 0.248 e. The van der Waals surface area contributed by atoms with Crippen molar-refractivity contribution in [2.45, 2.75) is 18.9 Å². The third-order valence-corrected chi connectivity index (χ3v) is 6.32. The standard InChI is InChI=1S/C22H15Cl2N5O2/c1-11-18-20(28-27-11)31-19(26)15(9-25)22(18)14-4-2-3-5-17(14)29(21(22)30)10-12-6-7-13(23)8-16(12)24/h2-8H,10,26H2,1H3,(H,27,28)/t22-/m1/s1. The molecule has 1 atom stereocenters. The second kappa shape index (κ2) is 6.77. The summed E-state index contributed by atoms with van der Waals surface area (Å²) in [5, 5.41) is 18.0. The Balaban J connectivity index is 1.77. The molecule has 9 heteroatoms. The van der Waals surface area contributed by atoms with E-state index in [-0.39, 0.29) is 29.8 Å². The van der Waals surface area contributed by atoms with Crippen LogP contribution in [0.25, 0.3) is 0 Å². The lowest BCUT2D eigenvalue weighted by Crippen LogP contribution is -2.45. The largest absolute Gasteiger partial charge is 0.420 e. The van der Waals surface area contributed by atoms with Gasteiger partial charge in [0.15, 0.2) is 0 Å². The number of para-hydroxylation sites is 1. The first-order chi connectivity index (χ1) is 14.9. The molecule has 7 nitrogen and oxygen atoms in total. The first-order valence-corrected chi connectivity index (χ1v) is 10.1. The molecule has 3 heterocycles. The Bertz CT molecular complexity index is 1340. The number of nitrogens with two attached hydrogens (primary N) is 1. The number of aryl methyl sites for hydroxylation is 1. The van der Waals surface area contributed by atoms with Crippen molar-refractivity contribution in [3.8, 4) is 11.9 Å². The quantitative estimate of drug-likeness (QED) is 0.613. The fourth-order valence-electron chi connectivity index (χ4n) is 4.44. The molecule has 0 fully saturated rings. The number of benzene rings is 2. The third-order valence-electron chi connectivity index (χ3n) is 5.74. The van der Waals surface area contributed by atoms with Gasteiger partial charge in [-0.05, 0) is 30.7 Å². The summed E-state index contributed by atoms with van der Waals surface area (Å²) in [4.78, 5) is 15.8. The maximum Gasteiger partial charge on any atom is 0.248 e. The molecule has 154 valence electrons. The Morgan fingerprint density at radius 1 is 1.29 bits per heavy atom. The molecule has 2 aromatic carbocycles. The van der Waals surface area contributed by atoms with Gasteiger partial charge in [0, 0.05) is 27.0 Å². The van der Waals surface area contributed by atoms with E-state index in [1.807, 2.05) is 24.3 Å². The molecule has 1 amide bonds. The van der Waals surface area contributed by atoms with Gasteiger partial charge >= 0.3 is 0 Å². The monoisotopic (exact) mass is 451 g/mol. The van der Waals surface area contributed by atoms with Gasteiger partial charge in [-0.15, -0.1) is 5.10 Å². The summed E-state index contributed by atoms with van der Waals surface area (Å²) in [6.07, 6.45) is 0. The van der Waals surface area contributed by atoms with E-state index < -0.39 is 5.41 Å². The zero-order chi connectivity index (χ0) is 21.9. The van der Waals surface area contributed by atoms with Gasteiger partial charge in [0.05, 0.1) is 12.1 Å². The third kappa shape index (κ3) is 2.52. The molecule has 0 saturated carbocycles. The van der Waals surface area contributed by atoms with Crippen LogP contribution in [0.3, 0.4) is 0 Å². The number of H-pyrrole nitrogens is 1. The van der Waals surface area contributed by atoms with Crippen molar-refractivity contribution in [2.24, 2.45) is 5.73 Å². The summed E-state index contributed by atoms with van der Waals surface area (Å²) in [7, 11) is 0. The van der Waals surface area contributed by atoms with Gasteiger partial charge in [-0.2, -0.15) is 5.26 Å².